The Balaban J connectivity index is 2.81. The molecule has 10 heteroatoms. The van der Waals surface area contributed by atoms with Gasteiger partial charge in [0.15, 0.2) is 13.2 Å². The van der Waals surface area contributed by atoms with E-state index in [0.29, 0.717) is 0 Å². The van der Waals surface area contributed by atoms with Gasteiger partial charge in [0.1, 0.15) is 11.5 Å². The van der Waals surface area contributed by atoms with Gasteiger partial charge in [-0.05, 0) is 44.0 Å². The summed E-state index contributed by atoms with van der Waals surface area (Å²) in [5, 5.41) is 0. The fraction of sp³-hybridized carbons (Fsp3) is 0.400. The van der Waals surface area contributed by atoms with Crippen LogP contribution in [0.15, 0.2) is 21.1 Å². The lowest BCUT2D eigenvalue weighted by atomic mass is 10.3. The molecule has 1 aromatic carbocycles. The number of alkyl halides is 6. The van der Waals surface area contributed by atoms with Crippen LogP contribution in [0.5, 0.6) is 11.5 Å². The normalized spacial score (nSPS) is 12.4. The van der Waals surface area contributed by atoms with Crippen LogP contribution in [0.1, 0.15) is 0 Å². The number of benzene rings is 1. The van der Waals surface area contributed by atoms with E-state index in [9.17, 15) is 26.3 Å². The molecule has 0 aliphatic rings. The van der Waals surface area contributed by atoms with Crippen molar-refractivity contribution in [3.63, 3.8) is 0 Å². The molecule has 0 aromatic heterocycles. The van der Waals surface area contributed by atoms with Crippen molar-refractivity contribution in [2.45, 2.75) is 12.4 Å². The van der Waals surface area contributed by atoms with Crippen LogP contribution in [0, 0.1) is 0 Å². The summed E-state index contributed by atoms with van der Waals surface area (Å²) < 4.78 is 81.1. The number of rotatable bonds is 4. The minimum atomic E-state index is -4.52. The lowest BCUT2D eigenvalue weighted by Gasteiger charge is -2.14. The second-order valence-electron chi connectivity index (χ2n) is 3.52. The van der Waals surface area contributed by atoms with Gasteiger partial charge in [-0.1, -0.05) is 0 Å². The third kappa shape index (κ3) is 6.21. The summed E-state index contributed by atoms with van der Waals surface area (Å²) in [7, 11) is 0. The summed E-state index contributed by atoms with van der Waals surface area (Å²) >= 11 is 5.79. The quantitative estimate of drug-likeness (QED) is 0.618. The van der Waals surface area contributed by atoms with Crippen LogP contribution in [0.25, 0.3) is 0 Å². The van der Waals surface area contributed by atoms with Gasteiger partial charge in [0.05, 0.1) is 8.95 Å². The summed E-state index contributed by atoms with van der Waals surface area (Å²) in [6.45, 7) is -3.03. The molecule has 0 saturated carbocycles. The molecule has 0 amide bonds. The van der Waals surface area contributed by atoms with E-state index in [1.165, 1.54) is 0 Å². The highest BCUT2D eigenvalue weighted by Gasteiger charge is 2.30. The summed E-state index contributed by atoms with van der Waals surface area (Å²) in [4.78, 5) is 0. The predicted octanol–water partition coefficient (Wildman–Crippen LogP) is 5.09. The molecule has 114 valence electrons. The first kappa shape index (κ1) is 17.4. The van der Waals surface area contributed by atoms with E-state index in [4.69, 9.17) is 0 Å². The summed E-state index contributed by atoms with van der Waals surface area (Å²) in [6.07, 6.45) is -9.03. The molecule has 1 rings (SSSR count). The maximum atomic E-state index is 12.0. The fourth-order valence-electron chi connectivity index (χ4n) is 1.05. The van der Waals surface area contributed by atoms with Crippen molar-refractivity contribution in [3.8, 4) is 11.5 Å². The molecule has 0 heterocycles. The third-order valence-electron chi connectivity index (χ3n) is 1.77. The van der Waals surface area contributed by atoms with E-state index in [-0.39, 0.29) is 20.4 Å². The van der Waals surface area contributed by atoms with Crippen LogP contribution in [0.2, 0.25) is 0 Å². The average Bonchev–Trinajstić information content (AvgIpc) is 2.25. The molecule has 0 radical (unpaired) electrons. The number of ether oxygens (including phenoxy) is 2. The smallest absolute Gasteiger partial charge is 0.422 e. The van der Waals surface area contributed by atoms with Crippen molar-refractivity contribution in [2.24, 2.45) is 0 Å². The first-order valence-electron chi connectivity index (χ1n) is 4.86. The van der Waals surface area contributed by atoms with E-state index in [0.717, 1.165) is 12.1 Å². The molecule has 0 atom stereocenters. The van der Waals surface area contributed by atoms with Gasteiger partial charge in [0.25, 0.3) is 0 Å². The highest BCUT2D eigenvalue weighted by Crippen LogP contribution is 2.37. The third-order valence-corrected chi connectivity index (χ3v) is 3.01. The molecule has 0 saturated heterocycles. The van der Waals surface area contributed by atoms with Gasteiger partial charge < -0.3 is 9.47 Å². The largest absolute Gasteiger partial charge is 0.483 e. The zero-order valence-electron chi connectivity index (χ0n) is 9.41. The Hall–Kier alpha value is -0.640. The van der Waals surface area contributed by atoms with Crippen LogP contribution in [-0.2, 0) is 0 Å². The van der Waals surface area contributed by atoms with Crippen LogP contribution in [-0.4, -0.2) is 25.6 Å². The van der Waals surface area contributed by atoms with Crippen molar-refractivity contribution in [2.75, 3.05) is 13.2 Å². The Morgan fingerprint density at radius 1 is 0.750 bits per heavy atom. The SMILES string of the molecule is FC(F)(F)COc1cc(Br)c(OCC(F)(F)F)cc1Br. The maximum Gasteiger partial charge on any atom is 0.422 e. The molecular weight excluding hydrogens is 426 g/mol. The monoisotopic (exact) mass is 430 g/mol. The van der Waals surface area contributed by atoms with Crippen molar-refractivity contribution in [1.82, 2.24) is 0 Å². The minimum Gasteiger partial charge on any atom is -0.483 e. The molecule has 2 nitrogen and oxygen atoms in total. The van der Waals surface area contributed by atoms with E-state index >= 15 is 0 Å². The van der Waals surface area contributed by atoms with Crippen molar-refractivity contribution >= 4 is 31.9 Å². The Kier molecular flexibility index (Phi) is 5.59. The lowest BCUT2D eigenvalue weighted by molar-refractivity contribution is -0.154. The highest BCUT2D eigenvalue weighted by molar-refractivity contribution is 9.11. The van der Waals surface area contributed by atoms with Gasteiger partial charge in [-0.25, -0.2) is 0 Å². The van der Waals surface area contributed by atoms with Gasteiger partial charge in [-0.2, -0.15) is 26.3 Å². The zero-order chi connectivity index (χ0) is 15.6. The second-order valence-corrected chi connectivity index (χ2v) is 5.23. The number of halogens is 8. The van der Waals surface area contributed by atoms with Crippen LogP contribution >= 0.6 is 31.9 Å². The Bertz CT molecular complexity index is 428. The van der Waals surface area contributed by atoms with Crippen molar-refractivity contribution in [3.05, 3.63) is 21.1 Å². The number of hydrogen-bond acceptors (Lipinski definition) is 2. The summed E-state index contributed by atoms with van der Waals surface area (Å²) in [6, 6.07) is 2.17. The Morgan fingerprint density at radius 3 is 1.30 bits per heavy atom. The van der Waals surface area contributed by atoms with Crippen molar-refractivity contribution in [1.29, 1.82) is 0 Å². The molecule has 0 aliphatic carbocycles. The molecule has 0 N–H and O–H groups in total. The van der Waals surface area contributed by atoms with E-state index < -0.39 is 25.6 Å². The van der Waals surface area contributed by atoms with E-state index in [1.807, 2.05) is 0 Å². The summed E-state index contributed by atoms with van der Waals surface area (Å²) in [5.41, 5.74) is 0. The van der Waals surface area contributed by atoms with Gasteiger partial charge in [-0.3, -0.25) is 0 Å². The highest BCUT2D eigenvalue weighted by atomic mass is 79.9. The zero-order valence-corrected chi connectivity index (χ0v) is 12.6. The molecule has 0 bridgehead atoms. The first-order chi connectivity index (χ1) is 8.98. The standard InChI is InChI=1S/C10H6Br2F6O2/c11-5-1-7(19-3-9(13,14)15)6(12)2-8(5)20-4-10(16,17)18/h1-2H,3-4H2. The Labute approximate surface area is 126 Å². The van der Waals surface area contributed by atoms with Crippen LogP contribution < -0.4 is 9.47 Å². The second kappa shape index (κ2) is 6.42. The van der Waals surface area contributed by atoms with Crippen molar-refractivity contribution < 1.29 is 35.8 Å². The molecular formula is C10H6Br2F6O2. The Morgan fingerprint density at radius 2 is 1.05 bits per heavy atom. The van der Waals surface area contributed by atoms with Gasteiger partial charge >= 0.3 is 12.4 Å². The van der Waals surface area contributed by atoms with Crippen LogP contribution in [0.3, 0.4) is 0 Å². The molecule has 20 heavy (non-hydrogen) atoms. The van der Waals surface area contributed by atoms with E-state index in [2.05, 4.69) is 41.3 Å². The van der Waals surface area contributed by atoms with E-state index in [1.54, 1.807) is 0 Å². The maximum absolute atomic E-state index is 12.0. The topological polar surface area (TPSA) is 18.5 Å². The summed E-state index contributed by atoms with van der Waals surface area (Å²) in [5.74, 6) is -0.345. The van der Waals surface area contributed by atoms with Crippen LogP contribution in [0.4, 0.5) is 26.3 Å². The molecule has 0 unspecified atom stereocenters. The molecule has 0 fully saturated rings. The lowest BCUT2D eigenvalue weighted by Crippen LogP contribution is -2.20. The fourth-order valence-corrected chi connectivity index (χ4v) is 1.92. The predicted molar refractivity (Wildman–Crippen MR) is 64.9 cm³/mol. The van der Waals surface area contributed by atoms with Gasteiger partial charge in [0.2, 0.25) is 0 Å². The van der Waals surface area contributed by atoms with Gasteiger partial charge in [0, 0.05) is 0 Å². The molecule has 0 spiro atoms. The number of hydrogen-bond donors (Lipinski definition) is 0. The first-order valence-corrected chi connectivity index (χ1v) is 6.45. The van der Waals surface area contributed by atoms with Gasteiger partial charge in [-0.15, -0.1) is 0 Å². The minimum absolute atomic E-state index is 0.0436. The molecule has 0 aliphatic heterocycles. The average molecular weight is 432 g/mol. The molecule has 1 aromatic rings.